The van der Waals surface area contributed by atoms with E-state index in [4.69, 9.17) is 0 Å². The van der Waals surface area contributed by atoms with Gasteiger partial charge < -0.3 is 0 Å². The van der Waals surface area contributed by atoms with E-state index < -0.39 is 10.0 Å². The highest BCUT2D eigenvalue weighted by Gasteiger charge is 2.18. The molecule has 0 spiro atoms. The van der Waals surface area contributed by atoms with Crippen LogP contribution in [0, 0.1) is 5.92 Å². The van der Waals surface area contributed by atoms with Crippen LogP contribution in [0.15, 0.2) is 28.7 Å². The molecule has 3 nitrogen and oxygen atoms in total. The van der Waals surface area contributed by atoms with Crippen molar-refractivity contribution in [2.45, 2.75) is 39.7 Å². The Kier molecular flexibility index (Phi) is 6.50. The van der Waals surface area contributed by atoms with Gasteiger partial charge in [0.25, 0.3) is 0 Å². The van der Waals surface area contributed by atoms with Crippen LogP contribution in [0.5, 0.6) is 0 Å². The van der Waals surface area contributed by atoms with Crippen molar-refractivity contribution in [1.29, 1.82) is 0 Å². The summed E-state index contributed by atoms with van der Waals surface area (Å²) in [4.78, 5) is 0. The Balaban J connectivity index is 2.73. The largest absolute Gasteiger partial charge is 0.212 e. The van der Waals surface area contributed by atoms with E-state index >= 15 is 0 Å². The van der Waals surface area contributed by atoms with Crippen molar-refractivity contribution >= 4 is 26.0 Å². The van der Waals surface area contributed by atoms with Crippen molar-refractivity contribution in [1.82, 2.24) is 4.72 Å². The highest BCUT2D eigenvalue weighted by molar-refractivity contribution is 9.10. The monoisotopic (exact) mass is 347 g/mol. The van der Waals surface area contributed by atoms with Crippen LogP contribution in [0.2, 0.25) is 0 Å². The normalized spacial score (nSPS) is 13.7. The summed E-state index contributed by atoms with van der Waals surface area (Å²) in [5.41, 5.74) is 0.999. The lowest BCUT2D eigenvalue weighted by atomic mass is 10.1. The van der Waals surface area contributed by atoms with Crippen LogP contribution in [0.3, 0.4) is 0 Å². The van der Waals surface area contributed by atoms with Gasteiger partial charge in [-0.25, -0.2) is 13.1 Å². The Morgan fingerprint density at radius 1 is 1.21 bits per heavy atom. The van der Waals surface area contributed by atoms with Crippen molar-refractivity contribution in [3.63, 3.8) is 0 Å². The molecule has 0 saturated carbocycles. The molecule has 1 rings (SSSR count). The van der Waals surface area contributed by atoms with Crippen LogP contribution in [0.4, 0.5) is 0 Å². The summed E-state index contributed by atoms with van der Waals surface area (Å²) >= 11 is 3.38. The molecule has 0 aliphatic rings. The van der Waals surface area contributed by atoms with Crippen molar-refractivity contribution in [2.24, 2.45) is 5.92 Å². The number of benzene rings is 1. The molecular formula is C14H22BrNO2S. The number of hydrogen-bond donors (Lipinski definition) is 1. The molecule has 1 aromatic carbocycles. The SMILES string of the molecule is CCC(NS(=O)(=O)CCC(C)C)c1ccc(Br)cc1. The third-order valence-corrected chi connectivity index (χ3v) is 4.91. The maximum Gasteiger partial charge on any atom is 0.212 e. The number of rotatable bonds is 7. The van der Waals surface area contributed by atoms with Crippen LogP contribution in [-0.2, 0) is 10.0 Å². The Labute approximate surface area is 125 Å². The predicted octanol–water partition coefficient (Wildman–Crippen LogP) is 3.87. The average molecular weight is 348 g/mol. The standard InChI is InChI=1S/C14H22BrNO2S/c1-4-14(12-5-7-13(15)8-6-12)16-19(17,18)10-9-11(2)3/h5-8,11,14,16H,4,9-10H2,1-3H3. The quantitative estimate of drug-likeness (QED) is 0.813. The minimum atomic E-state index is -3.21. The molecule has 0 aromatic heterocycles. The first kappa shape index (κ1) is 16.7. The minimum Gasteiger partial charge on any atom is -0.212 e. The average Bonchev–Trinajstić information content (AvgIpc) is 2.35. The van der Waals surface area contributed by atoms with E-state index in [-0.39, 0.29) is 11.8 Å². The summed E-state index contributed by atoms with van der Waals surface area (Å²) in [6.45, 7) is 6.04. The topological polar surface area (TPSA) is 46.2 Å². The van der Waals surface area contributed by atoms with Gasteiger partial charge in [0.05, 0.1) is 5.75 Å². The maximum atomic E-state index is 12.0. The van der Waals surface area contributed by atoms with E-state index in [2.05, 4.69) is 20.7 Å². The molecule has 1 N–H and O–H groups in total. The Bertz CT molecular complexity index is 483. The second kappa shape index (κ2) is 7.41. The van der Waals surface area contributed by atoms with Crippen LogP contribution < -0.4 is 4.72 Å². The van der Waals surface area contributed by atoms with Gasteiger partial charge in [-0.05, 0) is 36.5 Å². The molecule has 0 bridgehead atoms. The summed E-state index contributed by atoms with van der Waals surface area (Å²) < 4.78 is 27.8. The van der Waals surface area contributed by atoms with Gasteiger partial charge in [0, 0.05) is 10.5 Å². The number of halogens is 1. The molecule has 108 valence electrons. The van der Waals surface area contributed by atoms with Crippen LogP contribution in [0.25, 0.3) is 0 Å². The fourth-order valence-corrected chi connectivity index (χ4v) is 3.65. The lowest BCUT2D eigenvalue weighted by Gasteiger charge is -2.18. The van der Waals surface area contributed by atoms with Crippen molar-refractivity contribution in [3.05, 3.63) is 34.3 Å². The highest BCUT2D eigenvalue weighted by atomic mass is 79.9. The predicted molar refractivity (Wildman–Crippen MR) is 83.6 cm³/mol. The lowest BCUT2D eigenvalue weighted by molar-refractivity contribution is 0.537. The molecule has 0 aliphatic carbocycles. The molecule has 0 aliphatic heterocycles. The van der Waals surface area contributed by atoms with Gasteiger partial charge in [0.15, 0.2) is 0 Å². The van der Waals surface area contributed by atoms with Crippen molar-refractivity contribution in [2.75, 3.05) is 5.75 Å². The molecule has 0 amide bonds. The molecule has 0 radical (unpaired) electrons. The Hall–Kier alpha value is -0.390. The van der Waals surface area contributed by atoms with E-state index in [0.717, 1.165) is 16.5 Å². The third kappa shape index (κ3) is 6.06. The summed E-state index contributed by atoms with van der Waals surface area (Å²) in [5.74, 6) is 0.585. The fraction of sp³-hybridized carbons (Fsp3) is 0.571. The molecule has 1 atom stereocenters. The number of sulfonamides is 1. The second-order valence-corrected chi connectivity index (χ2v) is 7.92. The van der Waals surface area contributed by atoms with Gasteiger partial charge in [0.2, 0.25) is 10.0 Å². The zero-order valence-electron chi connectivity index (χ0n) is 11.7. The summed E-state index contributed by atoms with van der Waals surface area (Å²) in [6.07, 6.45) is 1.43. The van der Waals surface area contributed by atoms with E-state index in [1.54, 1.807) is 0 Å². The van der Waals surface area contributed by atoms with Gasteiger partial charge in [0.1, 0.15) is 0 Å². The van der Waals surface area contributed by atoms with Crippen LogP contribution in [-0.4, -0.2) is 14.2 Å². The fourth-order valence-electron chi connectivity index (χ4n) is 1.75. The number of hydrogen-bond acceptors (Lipinski definition) is 2. The molecule has 0 saturated heterocycles. The summed E-state index contributed by atoms with van der Waals surface area (Å²) in [7, 11) is -3.21. The molecule has 5 heteroatoms. The molecule has 1 aromatic rings. The molecule has 0 heterocycles. The zero-order valence-corrected chi connectivity index (χ0v) is 14.1. The summed E-state index contributed by atoms with van der Waals surface area (Å²) in [5, 5.41) is 0. The van der Waals surface area contributed by atoms with Gasteiger partial charge >= 0.3 is 0 Å². The van der Waals surface area contributed by atoms with E-state index in [9.17, 15) is 8.42 Å². The molecular weight excluding hydrogens is 326 g/mol. The second-order valence-electron chi connectivity index (χ2n) is 5.13. The first-order valence-corrected chi connectivity index (χ1v) is 9.04. The van der Waals surface area contributed by atoms with Gasteiger partial charge in [-0.3, -0.25) is 0 Å². The zero-order chi connectivity index (χ0) is 14.5. The molecule has 0 fully saturated rings. The summed E-state index contributed by atoms with van der Waals surface area (Å²) in [6, 6.07) is 7.61. The van der Waals surface area contributed by atoms with E-state index in [1.807, 2.05) is 45.0 Å². The minimum absolute atomic E-state index is 0.148. The van der Waals surface area contributed by atoms with Crippen molar-refractivity contribution in [3.8, 4) is 0 Å². The van der Waals surface area contributed by atoms with Gasteiger partial charge in [-0.2, -0.15) is 0 Å². The highest BCUT2D eigenvalue weighted by Crippen LogP contribution is 2.20. The smallest absolute Gasteiger partial charge is 0.212 e. The van der Waals surface area contributed by atoms with Crippen LogP contribution in [0.1, 0.15) is 45.2 Å². The third-order valence-electron chi connectivity index (χ3n) is 2.97. The van der Waals surface area contributed by atoms with Crippen molar-refractivity contribution < 1.29 is 8.42 Å². The molecule has 1 unspecified atom stereocenters. The number of nitrogens with one attached hydrogen (secondary N) is 1. The molecule has 19 heavy (non-hydrogen) atoms. The Morgan fingerprint density at radius 3 is 2.26 bits per heavy atom. The lowest BCUT2D eigenvalue weighted by Crippen LogP contribution is -2.30. The van der Waals surface area contributed by atoms with Crippen LogP contribution >= 0.6 is 15.9 Å². The first-order chi connectivity index (χ1) is 8.84. The first-order valence-electron chi connectivity index (χ1n) is 6.59. The Morgan fingerprint density at radius 2 is 1.79 bits per heavy atom. The van der Waals surface area contributed by atoms with Gasteiger partial charge in [-0.15, -0.1) is 0 Å². The van der Waals surface area contributed by atoms with Gasteiger partial charge in [-0.1, -0.05) is 48.8 Å². The maximum absolute atomic E-state index is 12.0. The van der Waals surface area contributed by atoms with E-state index in [0.29, 0.717) is 12.3 Å². The van der Waals surface area contributed by atoms with E-state index in [1.165, 1.54) is 0 Å².